The zero-order valence-electron chi connectivity index (χ0n) is 23.9. The highest BCUT2D eigenvalue weighted by molar-refractivity contribution is 6.26. The lowest BCUT2D eigenvalue weighted by atomic mass is 9.91. The maximum atomic E-state index is 3.80. The second-order valence-corrected chi connectivity index (χ2v) is 11.8. The van der Waals surface area contributed by atoms with Crippen LogP contribution in [0.1, 0.15) is 0 Å². The van der Waals surface area contributed by atoms with Gasteiger partial charge in [0, 0.05) is 38.3 Å². The Balaban J connectivity index is 1.21. The number of hydrogen-bond acceptors (Lipinski definition) is 0. The Morgan fingerprint density at radius 2 is 0.909 bits per heavy atom. The number of rotatable bonds is 2. The molecule has 10 rings (SSSR count). The van der Waals surface area contributed by atoms with Gasteiger partial charge in [-0.1, -0.05) is 115 Å². The topological polar surface area (TPSA) is 20.7 Å². The van der Waals surface area contributed by atoms with E-state index in [4.69, 9.17) is 0 Å². The van der Waals surface area contributed by atoms with Gasteiger partial charge in [-0.2, -0.15) is 0 Å². The highest BCUT2D eigenvalue weighted by atomic mass is 15.0. The Hall–Kier alpha value is -5.86. The summed E-state index contributed by atoms with van der Waals surface area (Å²) in [5, 5.41) is 12.8. The van der Waals surface area contributed by atoms with Gasteiger partial charge in [-0.25, -0.2) is 0 Å². The van der Waals surface area contributed by atoms with E-state index in [0.717, 1.165) is 5.52 Å². The molecule has 0 unspecified atom stereocenters. The molecule has 0 saturated carbocycles. The van der Waals surface area contributed by atoms with Crippen LogP contribution >= 0.6 is 0 Å². The largest absolute Gasteiger partial charge is 0.354 e. The van der Waals surface area contributed by atoms with Gasteiger partial charge in [-0.3, -0.25) is 0 Å². The maximum Gasteiger partial charge on any atom is 0.0544 e. The zero-order valence-corrected chi connectivity index (χ0v) is 23.9. The van der Waals surface area contributed by atoms with Gasteiger partial charge in [-0.05, 0) is 74.3 Å². The highest BCUT2D eigenvalue weighted by Gasteiger charge is 2.16. The maximum absolute atomic E-state index is 3.80. The number of aromatic nitrogens is 2. The molecule has 2 heterocycles. The van der Waals surface area contributed by atoms with Crippen molar-refractivity contribution >= 4 is 75.9 Å². The fourth-order valence-corrected chi connectivity index (χ4v) is 7.57. The van der Waals surface area contributed by atoms with Crippen LogP contribution in [0, 0.1) is 0 Å². The summed E-state index contributed by atoms with van der Waals surface area (Å²) in [6.45, 7) is 0. The van der Waals surface area contributed by atoms with Gasteiger partial charge in [0.2, 0.25) is 0 Å². The van der Waals surface area contributed by atoms with Crippen LogP contribution in [-0.4, -0.2) is 9.55 Å². The predicted molar refractivity (Wildman–Crippen MR) is 188 cm³/mol. The molecule has 204 valence electrons. The summed E-state index contributed by atoms with van der Waals surface area (Å²) in [7, 11) is 0. The summed E-state index contributed by atoms with van der Waals surface area (Å²) < 4.78 is 2.39. The number of H-pyrrole nitrogens is 1. The summed E-state index contributed by atoms with van der Waals surface area (Å²) in [4.78, 5) is 3.80. The summed E-state index contributed by atoms with van der Waals surface area (Å²) in [5.74, 6) is 0. The van der Waals surface area contributed by atoms with Gasteiger partial charge in [0.05, 0.1) is 16.6 Å². The molecule has 0 aliphatic rings. The first-order valence-electron chi connectivity index (χ1n) is 15.2. The predicted octanol–water partition coefficient (Wildman–Crippen LogP) is 11.5. The second kappa shape index (κ2) is 8.82. The Bertz CT molecular complexity index is 2690. The lowest BCUT2D eigenvalue weighted by molar-refractivity contribution is 1.19. The van der Waals surface area contributed by atoms with Crippen molar-refractivity contribution in [3.8, 4) is 16.8 Å². The van der Waals surface area contributed by atoms with Crippen molar-refractivity contribution in [1.29, 1.82) is 0 Å². The van der Waals surface area contributed by atoms with Crippen LogP contribution in [-0.2, 0) is 0 Å². The van der Waals surface area contributed by atoms with Crippen LogP contribution in [0.15, 0.2) is 152 Å². The molecule has 8 aromatic carbocycles. The quantitative estimate of drug-likeness (QED) is 0.204. The molecule has 2 heteroatoms. The molecule has 10 aromatic rings. The molecule has 0 atom stereocenters. The van der Waals surface area contributed by atoms with Crippen molar-refractivity contribution in [1.82, 2.24) is 9.55 Å². The summed E-state index contributed by atoms with van der Waals surface area (Å²) in [5.41, 5.74) is 8.38. The third-order valence-corrected chi connectivity index (χ3v) is 9.51. The summed E-state index contributed by atoms with van der Waals surface area (Å²) in [6.07, 6.45) is 0. The van der Waals surface area contributed by atoms with E-state index >= 15 is 0 Å². The number of nitrogens with zero attached hydrogens (tertiary/aromatic N) is 1. The zero-order chi connectivity index (χ0) is 28.8. The molecule has 0 spiro atoms. The van der Waals surface area contributed by atoms with E-state index in [9.17, 15) is 0 Å². The number of hydrogen-bond donors (Lipinski definition) is 1. The Morgan fingerprint density at radius 3 is 1.57 bits per heavy atom. The molecule has 0 aliphatic carbocycles. The third kappa shape index (κ3) is 3.20. The fourth-order valence-electron chi connectivity index (χ4n) is 7.57. The molecule has 0 aliphatic heterocycles. The van der Waals surface area contributed by atoms with E-state index < -0.39 is 0 Å². The molecule has 0 saturated heterocycles. The van der Waals surface area contributed by atoms with Gasteiger partial charge in [0.1, 0.15) is 0 Å². The van der Waals surface area contributed by atoms with E-state index in [1.165, 1.54) is 87.2 Å². The minimum absolute atomic E-state index is 1.15. The molecule has 1 N–H and O–H groups in total. The van der Waals surface area contributed by atoms with Crippen LogP contribution in [0.4, 0.5) is 0 Å². The van der Waals surface area contributed by atoms with Crippen molar-refractivity contribution in [3.63, 3.8) is 0 Å². The van der Waals surface area contributed by atoms with Crippen LogP contribution in [0.25, 0.3) is 92.7 Å². The molecule has 0 bridgehead atoms. The van der Waals surface area contributed by atoms with E-state index in [0.29, 0.717) is 0 Å². The SMILES string of the molecule is c1cc(-c2ccc3c4ccccc4c4ccccc4c3c2)c2[nH]c3ccc(-n4c5ccccc5c5ccccc54)cc3c2c1. The van der Waals surface area contributed by atoms with Gasteiger partial charge >= 0.3 is 0 Å². The molecule has 0 fully saturated rings. The molecule has 2 nitrogen and oxygen atoms in total. The standard InChI is InChI=1S/C42H26N2/c1-2-12-31-29(10-1)30-11-3-4-13-32(30)37-24-26(20-22-33(31)37)28-16-9-17-36-38-25-27(21-23-39(38)43-42(28)36)44-40-18-7-5-14-34(40)35-15-6-8-19-41(35)44/h1-25,43H. The minimum Gasteiger partial charge on any atom is -0.354 e. The van der Waals surface area contributed by atoms with Gasteiger partial charge in [0.15, 0.2) is 0 Å². The smallest absolute Gasteiger partial charge is 0.0544 e. The molecule has 2 aromatic heterocycles. The van der Waals surface area contributed by atoms with Crippen LogP contribution in [0.2, 0.25) is 0 Å². The molecule has 44 heavy (non-hydrogen) atoms. The number of aromatic amines is 1. The lowest BCUT2D eigenvalue weighted by Crippen LogP contribution is -1.93. The molecular weight excluding hydrogens is 532 g/mol. The summed E-state index contributed by atoms with van der Waals surface area (Å²) in [6, 6.07) is 55.4. The average Bonchev–Trinajstić information content (AvgIpc) is 3.64. The number of para-hydroxylation sites is 3. The second-order valence-electron chi connectivity index (χ2n) is 11.8. The first-order valence-corrected chi connectivity index (χ1v) is 15.2. The van der Waals surface area contributed by atoms with Gasteiger partial charge in [0.25, 0.3) is 0 Å². The monoisotopic (exact) mass is 558 g/mol. The number of benzene rings is 8. The first-order chi connectivity index (χ1) is 21.8. The summed E-state index contributed by atoms with van der Waals surface area (Å²) >= 11 is 0. The van der Waals surface area contributed by atoms with Crippen molar-refractivity contribution in [2.45, 2.75) is 0 Å². The lowest BCUT2D eigenvalue weighted by Gasteiger charge is -2.12. The minimum atomic E-state index is 1.15. The van der Waals surface area contributed by atoms with Crippen molar-refractivity contribution in [2.75, 3.05) is 0 Å². The fraction of sp³-hybridized carbons (Fsp3) is 0. The number of nitrogens with one attached hydrogen (secondary N) is 1. The van der Waals surface area contributed by atoms with E-state index in [-0.39, 0.29) is 0 Å². The molecule has 0 radical (unpaired) electrons. The van der Waals surface area contributed by atoms with E-state index in [1.54, 1.807) is 0 Å². The number of fused-ring (bicyclic) bond motifs is 12. The highest BCUT2D eigenvalue weighted by Crippen LogP contribution is 2.40. The van der Waals surface area contributed by atoms with E-state index in [1.807, 2.05) is 0 Å². The van der Waals surface area contributed by atoms with Gasteiger partial charge < -0.3 is 9.55 Å². The normalized spacial score (nSPS) is 12.1. The van der Waals surface area contributed by atoms with Crippen LogP contribution in [0.5, 0.6) is 0 Å². The van der Waals surface area contributed by atoms with Crippen molar-refractivity contribution in [3.05, 3.63) is 152 Å². The first kappa shape index (κ1) is 23.7. The van der Waals surface area contributed by atoms with Crippen molar-refractivity contribution in [2.24, 2.45) is 0 Å². The Morgan fingerprint density at radius 1 is 0.364 bits per heavy atom. The average molecular weight is 559 g/mol. The van der Waals surface area contributed by atoms with Crippen LogP contribution in [0.3, 0.4) is 0 Å². The molecule has 0 amide bonds. The Labute approximate surface area is 253 Å². The Kier molecular flexibility index (Phi) is 4.75. The third-order valence-electron chi connectivity index (χ3n) is 9.51. The van der Waals surface area contributed by atoms with Crippen LogP contribution < -0.4 is 0 Å². The van der Waals surface area contributed by atoms with Crippen molar-refractivity contribution < 1.29 is 0 Å². The van der Waals surface area contributed by atoms with E-state index in [2.05, 4.69) is 161 Å². The molecular formula is C42H26N2. The van der Waals surface area contributed by atoms with Gasteiger partial charge in [-0.15, -0.1) is 0 Å².